The Morgan fingerprint density at radius 2 is 1.59 bits per heavy atom. The van der Waals surface area contributed by atoms with Gasteiger partial charge in [-0.1, -0.05) is 24.3 Å². The quantitative estimate of drug-likeness (QED) is 0.883. The minimum Gasteiger partial charge on any atom is -0.449 e. The molecule has 1 atom stereocenters. The van der Waals surface area contributed by atoms with Crippen molar-refractivity contribution in [3.63, 3.8) is 0 Å². The minimum atomic E-state index is -1.23. The summed E-state index contributed by atoms with van der Waals surface area (Å²) in [6.07, 6.45) is -1.20. The van der Waals surface area contributed by atoms with Gasteiger partial charge in [-0.05, 0) is 31.2 Å². The minimum absolute atomic E-state index is 0.521. The van der Waals surface area contributed by atoms with E-state index < -0.39 is 35.2 Å². The van der Waals surface area contributed by atoms with Crippen molar-refractivity contribution in [1.82, 2.24) is 0 Å². The van der Waals surface area contributed by atoms with Crippen LogP contribution >= 0.6 is 0 Å². The van der Waals surface area contributed by atoms with E-state index in [1.807, 2.05) is 0 Å². The number of amides is 1. The summed E-state index contributed by atoms with van der Waals surface area (Å²) in [7, 11) is 0. The number of carbonyl (C=O) groups excluding carboxylic acids is 2. The summed E-state index contributed by atoms with van der Waals surface area (Å²) >= 11 is 0. The molecule has 2 aromatic carbocycles. The molecule has 0 heterocycles. The van der Waals surface area contributed by atoms with Crippen LogP contribution in [0.1, 0.15) is 17.3 Å². The predicted octanol–water partition coefficient (Wildman–Crippen LogP) is 3.15. The molecule has 4 nitrogen and oxygen atoms in total. The predicted molar refractivity (Wildman–Crippen MR) is 76.3 cm³/mol. The van der Waals surface area contributed by atoms with E-state index in [0.717, 1.165) is 18.2 Å². The first-order chi connectivity index (χ1) is 10.5. The van der Waals surface area contributed by atoms with Gasteiger partial charge in [0.1, 0.15) is 17.2 Å². The van der Waals surface area contributed by atoms with E-state index in [4.69, 9.17) is 4.74 Å². The molecule has 0 unspecified atom stereocenters. The molecule has 2 aromatic rings. The first-order valence-electron chi connectivity index (χ1n) is 6.50. The number of anilines is 1. The third kappa shape index (κ3) is 3.66. The summed E-state index contributed by atoms with van der Waals surface area (Å²) in [5, 5.41) is 2.52. The van der Waals surface area contributed by atoms with Gasteiger partial charge in [0, 0.05) is 5.69 Å². The van der Waals surface area contributed by atoms with Gasteiger partial charge in [0.05, 0.1) is 0 Å². The maximum absolute atomic E-state index is 13.5. The fraction of sp³-hybridized carbons (Fsp3) is 0.125. The second-order valence-corrected chi connectivity index (χ2v) is 4.50. The highest BCUT2D eigenvalue weighted by atomic mass is 19.1. The second-order valence-electron chi connectivity index (χ2n) is 4.50. The van der Waals surface area contributed by atoms with E-state index in [1.165, 1.54) is 6.92 Å². The number of hydrogen-bond acceptors (Lipinski definition) is 3. The number of hydrogen-bond donors (Lipinski definition) is 1. The van der Waals surface area contributed by atoms with Gasteiger partial charge in [-0.2, -0.15) is 0 Å². The molecule has 114 valence electrons. The van der Waals surface area contributed by atoms with Gasteiger partial charge in [0.2, 0.25) is 0 Å². The van der Waals surface area contributed by atoms with Gasteiger partial charge in [0.15, 0.2) is 6.10 Å². The highest BCUT2D eigenvalue weighted by Crippen LogP contribution is 2.15. The Morgan fingerprint density at radius 1 is 1.00 bits per heavy atom. The van der Waals surface area contributed by atoms with Crippen molar-refractivity contribution in [2.24, 2.45) is 0 Å². The lowest BCUT2D eigenvalue weighted by atomic mass is 10.2. The normalized spacial score (nSPS) is 11.6. The number of esters is 1. The Hall–Kier alpha value is -2.76. The first-order valence-corrected chi connectivity index (χ1v) is 6.50. The van der Waals surface area contributed by atoms with Crippen LogP contribution in [0.5, 0.6) is 0 Å². The monoisotopic (exact) mass is 305 g/mol. The Morgan fingerprint density at radius 3 is 2.18 bits per heavy atom. The van der Waals surface area contributed by atoms with Crippen LogP contribution in [-0.4, -0.2) is 18.0 Å². The van der Waals surface area contributed by atoms with E-state index in [1.54, 1.807) is 30.3 Å². The van der Waals surface area contributed by atoms with Crippen molar-refractivity contribution in [3.8, 4) is 0 Å². The van der Waals surface area contributed by atoms with Crippen molar-refractivity contribution in [2.75, 3.05) is 5.32 Å². The highest BCUT2D eigenvalue weighted by Gasteiger charge is 2.23. The SMILES string of the molecule is C[C@@H](OC(=O)c1c(F)cccc1F)C(=O)Nc1ccccc1. The van der Waals surface area contributed by atoms with Crippen LogP contribution in [0.3, 0.4) is 0 Å². The molecule has 0 aromatic heterocycles. The second kappa shape index (κ2) is 6.80. The summed E-state index contributed by atoms with van der Waals surface area (Å²) in [6, 6.07) is 11.5. The highest BCUT2D eigenvalue weighted by molar-refractivity contribution is 5.97. The number of benzene rings is 2. The Labute approximate surface area is 125 Å². The van der Waals surface area contributed by atoms with Crippen LogP contribution in [-0.2, 0) is 9.53 Å². The lowest BCUT2D eigenvalue weighted by Crippen LogP contribution is -2.30. The fourth-order valence-corrected chi connectivity index (χ4v) is 1.73. The molecule has 0 bridgehead atoms. The summed E-state index contributed by atoms with van der Waals surface area (Å²) in [5.41, 5.74) is -0.297. The first kappa shape index (κ1) is 15.6. The van der Waals surface area contributed by atoms with Crippen LogP contribution < -0.4 is 5.32 Å². The van der Waals surface area contributed by atoms with Crippen LogP contribution in [0.25, 0.3) is 0 Å². The molecule has 0 aliphatic rings. The zero-order chi connectivity index (χ0) is 16.1. The molecule has 0 saturated carbocycles. The Balaban J connectivity index is 2.03. The van der Waals surface area contributed by atoms with Crippen molar-refractivity contribution < 1.29 is 23.1 Å². The molecule has 6 heteroatoms. The largest absolute Gasteiger partial charge is 0.449 e. The molecule has 0 aliphatic heterocycles. The van der Waals surface area contributed by atoms with Gasteiger partial charge < -0.3 is 10.1 Å². The van der Waals surface area contributed by atoms with E-state index in [0.29, 0.717) is 5.69 Å². The summed E-state index contributed by atoms with van der Waals surface area (Å²) in [4.78, 5) is 23.6. The van der Waals surface area contributed by atoms with Crippen LogP contribution in [0.2, 0.25) is 0 Å². The number of nitrogens with one attached hydrogen (secondary N) is 1. The smallest absolute Gasteiger partial charge is 0.344 e. The van der Waals surface area contributed by atoms with E-state index >= 15 is 0 Å². The van der Waals surface area contributed by atoms with Gasteiger partial charge in [-0.25, -0.2) is 13.6 Å². The van der Waals surface area contributed by atoms with Crippen LogP contribution in [0.4, 0.5) is 14.5 Å². The number of halogens is 2. The third-order valence-corrected chi connectivity index (χ3v) is 2.86. The molecule has 0 aliphatic carbocycles. The van der Waals surface area contributed by atoms with Crippen LogP contribution in [0, 0.1) is 11.6 Å². The molecule has 0 spiro atoms. The molecule has 1 amide bonds. The number of carbonyl (C=O) groups is 2. The lowest BCUT2D eigenvalue weighted by Gasteiger charge is -2.14. The van der Waals surface area contributed by atoms with Gasteiger partial charge >= 0.3 is 5.97 Å². The fourth-order valence-electron chi connectivity index (χ4n) is 1.73. The maximum atomic E-state index is 13.5. The zero-order valence-corrected chi connectivity index (χ0v) is 11.7. The molecule has 0 radical (unpaired) electrons. The summed E-state index contributed by atoms with van der Waals surface area (Å²) in [5.74, 6) is -3.91. The molecule has 2 rings (SSSR count). The Bertz CT molecular complexity index is 669. The van der Waals surface area contributed by atoms with E-state index in [9.17, 15) is 18.4 Å². The molecule has 0 fully saturated rings. The van der Waals surface area contributed by atoms with Crippen molar-refractivity contribution in [2.45, 2.75) is 13.0 Å². The molecular weight excluding hydrogens is 292 g/mol. The average molecular weight is 305 g/mol. The van der Waals surface area contributed by atoms with Crippen molar-refractivity contribution in [3.05, 3.63) is 65.7 Å². The van der Waals surface area contributed by atoms with Crippen molar-refractivity contribution >= 4 is 17.6 Å². The maximum Gasteiger partial charge on any atom is 0.344 e. The van der Waals surface area contributed by atoms with Crippen molar-refractivity contribution in [1.29, 1.82) is 0 Å². The Kier molecular flexibility index (Phi) is 4.83. The lowest BCUT2D eigenvalue weighted by molar-refractivity contribution is -0.123. The zero-order valence-electron chi connectivity index (χ0n) is 11.7. The molecule has 1 N–H and O–H groups in total. The standard InChI is InChI=1S/C16H13F2NO3/c1-10(15(20)19-11-6-3-2-4-7-11)22-16(21)14-12(17)8-5-9-13(14)18/h2-10H,1H3,(H,19,20)/t10-/m1/s1. The molecule has 22 heavy (non-hydrogen) atoms. The summed E-state index contributed by atoms with van der Waals surface area (Å²) < 4.78 is 31.7. The van der Waals surface area contributed by atoms with Gasteiger partial charge in [-0.3, -0.25) is 4.79 Å². The van der Waals surface area contributed by atoms with Crippen LogP contribution in [0.15, 0.2) is 48.5 Å². The molecular formula is C16H13F2NO3. The van der Waals surface area contributed by atoms with E-state index in [-0.39, 0.29) is 0 Å². The van der Waals surface area contributed by atoms with Gasteiger partial charge in [-0.15, -0.1) is 0 Å². The summed E-state index contributed by atoms with van der Waals surface area (Å²) in [6.45, 7) is 1.31. The number of rotatable bonds is 4. The third-order valence-electron chi connectivity index (χ3n) is 2.86. The molecule has 0 saturated heterocycles. The topological polar surface area (TPSA) is 55.4 Å². The number of para-hydroxylation sites is 1. The van der Waals surface area contributed by atoms with Gasteiger partial charge in [0.25, 0.3) is 5.91 Å². The number of ether oxygens (including phenoxy) is 1. The van der Waals surface area contributed by atoms with E-state index in [2.05, 4.69) is 5.32 Å². The average Bonchev–Trinajstić information content (AvgIpc) is 2.48.